The van der Waals surface area contributed by atoms with Crippen LogP contribution in [0.15, 0.2) is 29.6 Å². The maximum atomic E-state index is 14.2. The number of carbonyl (C=O) groups is 4. The van der Waals surface area contributed by atoms with Gasteiger partial charge in [-0.05, 0) is 69.4 Å². The molecule has 3 aromatic heterocycles. The third kappa shape index (κ3) is 10.5. The topological polar surface area (TPSA) is 143 Å². The molecule has 0 aromatic carbocycles. The predicted molar refractivity (Wildman–Crippen MR) is 246 cm³/mol. The quantitative estimate of drug-likeness (QED) is 0.0512. The largest absolute Gasteiger partial charge is 2.00 e. The Bertz CT molecular complexity index is 2330. The van der Waals surface area contributed by atoms with Gasteiger partial charge >= 0.3 is 35.0 Å². The summed E-state index contributed by atoms with van der Waals surface area (Å²) >= 11 is 0. The minimum absolute atomic E-state index is 0. The van der Waals surface area contributed by atoms with Gasteiger partial charge < -0.3 is 29.7 Å². The van der Waals surface area contributed by atoms with Gasteiger partial charge in [0.05, 0.1) is 7.11 Å². The van der Waals surface area contributed by atoms with E-state index in [1.54, 1.807) is 25.2 Å². The number of nitrogens with zero attached hydrogens (tertiary/aromatic N) is 4. The van der Waals surface area contributed by atoms with Crippen molar-refractivity contribution < 1.29 is 28.7 Å². The number of rotatable bonds is 14. The summed E-state index contributed by atoms with van der Waals surface area (Å²) in [6.07, 6.45) is 17.0. The molecule has 3 aromatic rings. The molecule has 1 aliphatic carbocycles. The number of esters is 2. The molecule has 4 atom stereocenters. The zero-order chi connectivity index (χ0) is 43.1. The number of hydrogen-bond donors (Lipinski definition) is 0. The third-order valence-electron chi connectivity index (χ3n) is 12.1. The van der Waals surface area contributed by atoms with Crippen LogP contribution in [0.1, 0.15) is 167 Å². The van der Waals surface area contributed by atoms with E-state index in [0.29, 0.717) is 80.0 Å². The van der Waals surface area contributed by atoms with Crippen LogP contribution in [0.3, 0.4) is 0 Å². The zero-order valence-corrected chi connectivity index (χ0v) is 38.7. The molecule has 0 radical (unpaired) electrons. The van der Waals surface area contributed by atoms with E-state index < -0.39 is 17.7 Å². The number of aldehydes is 1. The Morgan fingerprint density at radius 1 is 0.934 bits per heavy atom. The molecule has 0 unspecified atom stereocenters. The van der Waals surface area contributed by atoms with Crippen LogP contribution >= 0.6 is 0 Å². The Kier molecular flexibility index (Phi) is 18.7. The molecule has 1 saturated heterocycles. The predicted octanol–water partition coefficient (Wildman–Crippen LogP) is 8.70. The Labute approximate surface area is 379 Å². The average Bonchev–Trinajstić information content (AvgIpc) is 3.97. The SMILES string of the molecule is C.C=Cc1c2[n-]c(c1C)/C=C1\[N-]/C(=C3\c4[n-]c(c(C)c4C(=O)[C@@H]3C(=O)OC)/C=c3\[n-]/c(c(C=O)c3CC)=C\2)[C@@H](CCC(=O)OC/C=C(\C)CCC)[C@@H]1C.CCC[C@H](C)CC.[Mg+2]. The number of methoxy groups -OCH3 is 1. The summed E-state index contributed by atoms with van der Waals surface area (Å²) in [5.41, 5.74) is 8.76. The molecule has 61 heavy (non-hydrogen) atoms. The molecular formula is C50H64MgN4O6-2. The summed E-state index contributed by atoms with van der Waals surface area (Å²) in [5, 5.41) is 6.19. The molecule has 1 fully saturated rings. The molecule has 3 aliphatic rings. The molecule has 8 bridgehead atoms. The fraction of sp³-hybridized carbons (Fsp3) is 0.480. The van der Waals surface area contributed by atoms with Gasteiger partial charge in [-0.3, -0.25) is 19.2 Å². The first-order valence-corrected chi connectivity index (χ1v) is 21.2. The molecule has 0 N–H and O–H groups in total. The Morgan fingerprint density at radius 2 is 1.62 bits per heavy atom. The van der Waals surface area contributed by atoms with E-state index in [-0.39, 0.29) is 61.3 Å². The molecule has 0 spiro atoms. The van der Waals surface area contributed by atoms with Crippen LogP contribution < -0.4 is 25.7 Å². The van der Waals surface area contributed by atoms with Gasteiger partial charge in [0.25, 0.3) is 0 Å². The molecular weight excluding hydrogens is 777 g/mol. The van der Waals surface area contributed by atoms with Crippen molar-refractivity contribution in [3.63, 3.8) is 0 Å². The number of Topliss-reactive ketones (excluding diaryl/α,β-unsaturated/α-hetero) is 1. The maximum Gasteiger partial charge on any atom is 2.00 e. The summed E-state index contributed by atoms with van der Waals surface area (Å²) < 4.78 is 10.8. The third-order valence-corrected chi connectivity index (χ3v) is 12.1. The van der Waals surface area contributed by atoms with Gasteiger partial charge in [0.15, 0.2) is 5.78 Å². The van der Waals surface area contributed by atoms with Gasteiger partial charge in [-0.15, -0.1) is 33.5 Å². The van der Waals surface area contributed by atoms with Gasteiger partial charge in [0, 0.05) is 17.5 Å². The second kappa shape index (κ2) is 22.5. The first-order chi connectivity index (χ1) is 28.3. The van der Waals surface area contributed by atoms with E-state index in [2.05, 4.69) is 34.3 Å². The van der Waals surface area contributed by atoms with Gasteiger partial charge in [0.1, 0.15) is 18.8 Å². The number of ether oxygens (including phenoxy) is 2. The first kappa shape index (κ1) is 50.7. The van der Waals surface area contributed by atoms with Crippen LogP contribution in [0, 0.1) is 37.5 Å². The van der Waals surface area contributed by atoms with Crippen LogP contribution in [0.4, 0.5) is 0 Å². The summed E-state index contributed by atoms with van der Waals surface area (Å²) in [6.45, 7) is 22.9. The fourth-order valence-corrected chi connectivity index (χ4v) is 8.41. The van der Waals surface area contributed by atoms with Crippen LogP contribution in [-0.4, -0.2) is 60.8 Å². The van der Waals surface area contributed by atoms with Gasteiger partial charge in [-0.2, -0.15) is 11.4 Å². The van der Waals surface area contributed by atoms with Crippen molar-refractivity contribution in [1.82, 2.24) is 15.0 Å². The molecule has 11 heteroatoms. The summed E-state index contributed by atoms with van der Waals surface area (Å²) in [5.74, 6) is -2.33. The fourth-order valence-electron chi connectivity index (χ4n) is 8.41. The molecule has 10 nitrogen and oxygen atoms in total. The van der Waals surface area contributed by atoms with E-state index in [0.717, 1.165) is 41.7 Å². The van der Waals surface area contributed by atoms with Crippen molar-refractivity contribution >= 4 is 76.9 Å². The van der Waals surface area contributed by atoms with Gasteiger partial charge in [-0.25, -0.2) is 0 Å². The minimum Gasteiger partial charge on any atom is -0.664 e. The van der Waals surface area contributed by atoms with E-state index in [4.69, 9.17) is 29.7 Å². The molecule has 0 saturated carbocycles. The first-order valence-electron chi connectivity index (χ1n) is 21.2. The maximum absolute atomic E-state index is 14.2. The number of ketones is 1. The molecule has 0 amide bonds. The molecule has 5 heterocycles. The van der Waals surface area contributed by atoms with E-state index >= 15 is 0 Å². The van der Waals surface area contributed by atoms with Crippen LogP contribution in [0.5, 0.6) is 0 Å². The van der Waals surface area contributed by atoms with Crippen molar-refractivity contribution in [1.29, 1.82) is 0 Å². The standard InChI is InChI=1S/C42H45N4O6.C7H16.CH4.Mg/c1-9-12-21(4)15-16-52-35(48)14-13-27-23(6)30-17-29-22(5)25(10-2)32(43-29)19-34-28(20-47)26(11-3)33(44-34)18-31-24(7)36-40(46-31)37(39(27)45-30)38(41(36)49)42(50)51-8;1-4-6-7(3)5-2;;/h10,15,17-20,23,27,38H,2,9,11-14,16H2,1,3-8H3,(H-,45,46,47,49);7H,4-6H2,1-3H3;1H4;/q-3;;;+2/p-1/b21-15+,30-17-,34-19-;;;/t23-,27-,38+;7-;;/m01../s1. The summed E-state index contributed by atoms with van der Waals surface area (Å²) in [4.78, 5) is 67.9. The van der Waals surface area contributed by atoms with Gasteiger partial charge in [0.2, 0.25) is 0 Å². The number of hydrogen-bond acceptors (Lipinski definition) is 6. The van der Waals surface area contributed by atoms with Crippen molar-refractivity contribution in [3.8, 4) is 0 Å². The summed E-state index contributed by atoms with van der Waals surface area (Å²) in [6, 6.07) is 0. The van der Waals surface area contributed by atoms with Crippen LogP contribution in [0.25, 0.3) is 35.2 Å². The minimum atomic E-state index is -1.26. The van der Waals surface area contributed by atoms with Crippen molar-refractivity contribution in [2.75, 3.05) is 13.7 Å². The Hall–Kier alpha value is -4.61. The van der Waals surface area contributed by atoms with Crippen LogP contribution in [-0.2, 0) is 25.5 Å². The van der Waals surface area contributed by atoms with Crippen molar-refractivity contribution in [2.45, 2.75) is 121 Å². The van der Waals surface area contributed by atoms with E-state index in [1.807, 2.05) is 39.8 Å². The number of allylic oxidation sites excluding steroid dienone is 3. The smallest absolute Gasteiger partial charge is 0.664 e. The van der Waals surface area contributed by atoms with Crippen molar-refractivity contribution in [2.24, 2.45) is 23.7 Å². The molecule has 324 valence electrons. The normalized spacial score (nSPS) is 21.1. The van der Waals surface area contributed by atoms with Gasteiger partial charge in [-0.1, -0.05) is 133 Å². The van der Waals surface area contributed by atoms with E-state index in [9.17, 15) is 19.2 Å². The Balaban J connectivity index is 0.00000101. The molecule has 2 aliphatic heterocycles. The summed E-state index contributed by atoms with van der Waals surface area (Å²) in [7, 11) is 1.26. The average molecular weight is 841 g/mol. The second-order valence-electron chi connectivity index (χ2n) is 16.0. The van der Waals surface area contributed by atoms with Crippen LogP contribution in [0.2, 0.25) is 0 Å². The second-order valence-corrected chi connectivity index (χ2v) is 16.0. The van der Waals surface area contributed by atoms with Crippen molar-refractivity contribution in [3.05, 3.63) is 102 Å². The number of fused-ring (bicyclic) bond motifs is 7. The monoisotopic (exact) mass is 840 g/mol. The zero-order valence-electron chi connectivity index (χ0n) is 37.3. The van der Waals surface area contributed by atoms with E-state index in [1.165, 1.54) is 31.9 Å². The number of aromatic nitrogens is 3. The Morgan fingerprint density at radius 3 is 2.21 bits per heavy atom. The number of carbonyl (C=O) groups excluding carboxylic acids is 4. The molecule has 6 rings (SSSR count).